The molecule has 1 atom stereocenters. The Morgan fingerprint density at radius 3 is 2.39 bits per heavy atom. The lowest BCUT2D eigenvalue weighted by Crippen LogP contribution is -2.49. The Hall–Kier alpha value is -2.03. The van der Waals surface area contributed by atoms with Crippen LogP contribution in [0.25, 0.3) is 0 Å². The second-order valence-corrected chi connectivity index (χ2v) is 4.23. The minimum Gasteiger partial charge on any atom is -0.289 e. The molecule has 2 rings (SSSR count). The smallest absolute Gasteiger partial charge is 0.289 e. The highest BCUT2D eigenvalue weighted by Crippen LogP contribution is 2.44. The quantitative estimate of drug-likeness (QED) is 0.836. The molecule has 18 heavy (non-hydrogen) atoms. The van der Waals surface area contributed by atoms with E-state index >= 15 is 0 Å². The highest BCUT2D eigenvalue weighted by atomic mass is 19.4. The van der Waals surface area contributed by atoms with Gasteiger partial charge in [0.25, 0.3) is 0 Å². The molecule has 6 heteroatoms. The number of halogens is 3. The van der Waals surface area contributed by atoms with Crippen LogP contribution in [-0.2, 0) is 5.54 Å². The van der Waals surface area contributed by atoms with E-state index in [9.17, 15) is 13.2 Å². The normalized spacial score (nSPS) is 23.2. The predicted octanol–water partition coefficient (Wildman–Crippen LogP) is 2.63. The largest absolute Gasteiger partial charge is 0.417 e. The minimum absolute atomic E-state index is 0.0644. The standard InChI is InChI=1S/C12H10F3N3/c1-8-2-4-9(5-3-8)11(12(13,14)15)6-10(7-16)17-18-11/h2-5,18H,6H2,1H3. The summed E-state index contributed by atoms with van der Waals surface area (Å²) in [5.41, 5.74) is 0.591. The van der Waals surface area contributed by atoms with Crippen LogP contribution < -0.4 is 5.43 Å². The molecule has 1 aromatic rings. The summed E-state index contributed by atoms with van der Waals surface area (Å²) in [5, 5.41) is 12.1. The fourth-order valence-corrected chi connectivity index (χ4v) is 1.89. The Balaban J connectivity index is 2.47. The molecule has 0 aliphatic carbocycles. The van der Waals surface area contributed by atoms with Gasteiger partial charge in [-0.3, -0.25) is 5.43 Å². The van der Waals surface area contributed by atoms with Gasteiger partial charge in [0.05, 0.1) is 0 Å². The molecule has 0 bridgehead atoms. The van der Waals surface area contributed by atoms with Crippen molar-refractivity contribution in [2.45, 2.75) is 25.1 Å². The van der Waals surface area contributed by atoms with Gasteiger partial charge in [0, 0.05) is 6.42 Å². The lowest BCUT2D eigenvalue weighted by molar-refractivity contribution is -0.196. The van der Waals surface area contributed by atoms with Gasteiger partial charge in [-0.15, -0.1) is 0 Å². The number of nitriles is 1. The minimum atomic E-state index is -4.52. The molecule has 0 fully saturated rings. The van der Waals surface area contributed by atoms with E-state index in [1.807, 2.05) is 0 Å². The Kier molecular flexibility index (Phi) is 2.77. The number of hydrogen-bond donors (Lipinski definition) is 1. The fourth-order valence-electron chi connectivity index (χ4n) is 1.89. The highest BCUT2D eigenvalue weighted by molar-refractivity contribution is 6.00. The monoisotopic (exact) mass is 253 g/mol. The van der Waals surface area contributed by atoms with Crippen LogP contribution in [0.15, 0.2) is 29.4 Å². The van der Waals surface area contributed by atoms with E-state index in [-0.39, 0.29) is 11.3 Å². The van der Waals surface area contributed by atoms with Crippen LogP contribution in [0.5, 0.6) is 0 Å². The molecule has 0 amide bonds. The Morgan fingerprint density at radius 1 is 1.33 bits per heavy atom. The number of hydrazone groups is 1. The molecule has 94 valence electrons. The first kappa shape index (κ1) is 12.4. The summed E-state index contributed by atoms with van der Waals surface area (Å²) in [6.07, 6.45) is -5.00. The van der Waals surface area contributed by atoms with Crippen molar-refractivity contribution in [3.63, 3.8) is 0 Å². The van der Waals surface area contributed by atoms with Crippen molar-refractivity contribution in [2.75, 3.05) is 0 Å². The molecule has 0 radical (unpaired) electrons. The number of alkyl halides is 3. The number of nitrogens with one attached hydrogen (secondary N) is 1. The Bertz CT molecular complexity index is 525. The van der Waals surface area contributed by atoms with Crippen LogP contribution >= 0.6 is 0 Å². The lowest BCUT2D eigenvalue weighted by Gasteiger charge is -2.31. The molecular weight excluding hydrogens is 243 g/mol. The molecule has 0 saturated carbocycles. The summed E-state index contributed by atoms with van der Waals surface area (Å²) in [5.74, 6) is 0. The summed E-state index contributed by atoms with van der Waals surface area (Å²) < 4.78 is 39.8. The van der Waals surface area contributed by atoms with Crippen molar-refractivity contribution in [3.05, 3.63) is 35.4 Å². The highest BCUT2D eigenvalue weighted by Gasteiger charge is 2.59. The zero-order chi connectivity index (χ0) is 13.4. The maximum atomic E-state index is 13.3. The van der Waals surface area contributed by atoms with Gasteiger partial charge in [0.15, 0.2) is 5.54 Å². The third-order valence-electron chi connectivity index (χ3n) is 2.97. The number of aryl methyl sites for hydroxylation is 1. The Labute approximate surface area is 102 Å². The van der Waals surface area contributed by atoms with Gasteiger partial charge >= 0.3 is 6.18 Å². The van der Waals surface area contributed by atoms with Crippen LogP contribution in [-0.4, -0.2) is 11.9 Å². The van der Waals surface area contributed by atoms with Crippen molar-refractivity contribution in [2.24, 2.45) is 5.10 Å². The van der Waals surface area contributed by atoms with Crippen molar-refractivity contribution in [1.29, 1.82) is 5.26 Å². The van der Waals surface area contributed by atoms with Gasteiger partial charge in [0.1, 0.15) is 11.8 Å². The number of rotatable bonds is 1. The fraction of sp³-hybridized carbons (Fsp3) is 0.333. The van der Waals surface area contributed by atoms with E-state index in [4.69, 9.17) is 5.26 Å². The van der Waals surface area contributed by atoms with Crippen LogP contribution in [0.3, 0.4) is 0 Å². The molecule has 0 aromatic heterocycles. The summed E-state index contributed by atoms with van der Waals surface area (Å²) >= 11 is 0. The second kappa shape index (κ2) is 4.02. The van der Waals surface area contributed by atoms with E-state index in [2.05, 4.69) is 10.5 Å². The third kappa shape index (κ3) is 1.82. The van der Waals surface area contributed by atoms with E-state index in [0.717, 1.165) is 5.56 Å². The van der Waals surface area contributed by atoms with Gasteiger partial charge < -0.3 is 0 Å². The van der Waals surface area contributed by atoms with Crippen LogP contribution in [0.4, 0.5) is 13.2 Å². The van der Waals surface area contributed by atoms with E-state index in [1.54, 1.807) is 25.1 Å². The molecule has 1 aliphatic rings. The summed E-state index contributed by atoms with van der Waals surface area (Å²) in [7, 11) is 0. The first-order chi connectivity index (χ1) is 8.39. The van der Waals surface area contributed by atoms with Gasteiger partial charge in [-0.2, -0.15) is 23.5 Å². The summed E-state index contributed by atoms with van der Waals surface area (Å²) in [4.78, 5) is 0. The van der Waals surface area contributed by atoms with Gasteiger partial charge in [-0.1, -0.05) is 29.8 Å². The van der Waals surface area contributed by atoms with E-state index in [1.165, 1.54) is 12.1 Å². The SMILES string of the molecule is Cc1ccc(C2(C(F)(F)F)CC(C#N)=NN2)cc1. The molecule has 1 unspecified atom stereocenters. The van der Waals surface area contributed by atoms with Crippen molar-refractivity contribution < 1.29 is 13.2 Å². The molecule has 1 heterocycles. The third-order valence-corrected chi connectivity index (χ3v) is 2.97. The van der Waals surface area contributed by atoms with Gasteiger partial charge in [-0.05, 0) is 12.5 Å². The van der Waals surface area contributed by atoms with E-state index in [0.29, 0.717) is 0 Å². The molecule has 0 spiro atoms. The maximum Gasteiger partial charge on any atom is 0.417 e. The number of hydrogen-bond acceptors (Lipinski definition) is 3. The van der Waals surface area contributed by atoms with Crippen molar-refractivity contribution in [1.82, 2.24) is 5.43 Å². The second-order valence-electron chi connectivity index (χ2n) is 4.23. The molecule has 1 aliphatic heterocycles. The topological polar surface area (TPSA) is 48.2 Å². The van der Waals surface area contributed by atoms with Gasteiger partial charge in [0.2, 0.25) is 0 Å². The van der Waals surface area contributed by atoms with Crippen LogP contribution in [0.1, 0.15) is 17.5 Å². The van der Waals surface area contributed by atoms with Gasteiger partial charge in [-0.25, -0.2) is 0 Å². The Morgan fingerprint density at radius 2 is 1.94 bits per heavy atom. The average molecular weight is 253 g/mol. The average Bonchev–Trinajstić information content (AvgIpc) is 2.75. The summed E-state index contributed by atoms with van der Waals surface area (Å²) in [6, 6.07) is 7.69. The lowest BCUT2D eigenvalue weighted by atomic mass is 9.85. The molecule has 3 nitrogen and oxygen atoms in total. The molecule has 1 N–H and O–H groups in total. The van der Waals surface area contributed by atoms with Crippen molar-refractivity contribution in [3.8, 4) is 6.07 Å². The first-order valence-corrected chi connectivity index (χ1v) is 5.27. The van der Waals surface area contributed by atoms with E-state index < -0.39 is 18.1 Å². The summed E-state index contributed by atoms with van der Waals surface area (Å²) in [6.45, 7) is 1.79. The van der Waals surface area contributed by atoms with Crippen LogP contribution in [0.2, 0.25) is 0 Å². The number of nitrogens with zero attached hydrogens (tertiary/aromatic N) is 2. The zero-order valence-corrected chi connectivity index (χ0v) is 9.54. The predicted molar refractivity (Wildman–Crippen MR) is 59.7 cm³/mol. The maximum absolute atomic E-state index is 13.3. The van der Waals surface area contributed by atoms with Crippen LogP contribution in [0, 0.1) is 18.3 Å². The molecule has 1 aromatic carbocycles. The number of benzene rings is 1. The molecular formula is C12H10F3N3. The zero-order valence-electron chi connectivity index (χ0n) is 9.54. The van der Waals surface area contributed by atoms with Crippen molar-refractivity contribution >= 4 is 5.71 Å². The molecule has 0 saturated heterocycles. The first-order valence-electron chi connectivity index (χ1n) is 5.27.